The zero-order chi connectivity index (χ0) is 12.1. The van der Waals surface area contributed by atoms with Crippen LogP contribution in [0.2, 0.25) is 0 Å². The molecule has 0 aliphatic rings. The van der Waals surface area contributed by atoms with Gasteiger partial charge in [0.1, 0.15) is 11.8 Å². The molecule has 0 saturated heterocycles. The largest absolute Gasteiger partial charge is 0.493 e. The lowest BCUT2D eigenvalue weighted by molar-refractivity contribution is 0.0508. The topological polar surface area (TPSA) is 53.4 Å². The summed E-state index contributed by atoms with van der Waals surface area (Å²) in [5, 5.41) is 4.08. The predicted molar refractivity (Wildman–Crippen MR) is 59.9 cm³/mol. The summed E-state index contributed by atoms with van der Waals surface area (Å²) >= 11 is 0. The zero-order valence-electron chi connectivity index (χ0n) is 10.2. The Morgan fingerprint density at radius 3 is 2.75 bits per heavy atom. The van der Waals surface area contributed by atoms with E-state index in [0.717, 1.165) is 0 Å². The number of aromatic nitrogens is 2. The summed E-state index contributed by atoms with van der Waals surface area (Å²) in [6, 6.07) is 0. The van der Waals surface area contributed by atoms with Crippen molar-refractivity contribution in [1.29, 1.82) is 0 Å². The Morgan fingerprint density at radius 2 is 2.25 bits per heavy atom. The number of aryl methyl sites for hydroxylation is 1. The summed E-state index contributed by atoms with van der Waals surface area (Å²) in [5.74, 6) is 0.399. The number of carbonyl (C=O) groups excluding carboxylic acids is 1. The Balaban J connectivity index is 3.00. The van der Waals surface area contributed by atoms with Gasteiger partial charge in [-0.3, -0.25) is 9.48 Å². The van der Waals surface area contributed by atoms with E-state index >= 15 is 0 Å². The molecule has 5 nitrogen and oxygen atoms in total. The van der Waals surface area contributed by atoms with Crippen molar-refractivity contribution in [1.82, 2.24) is 9.78 Å². The highest BCUT2D eigenvalue weighted by Gasteiger charge is 2.23. The SMILES string of the molecule is CCOC(C)C(=O)c1c(OC)cnn1CC. The maximum atomic E-state index is 12.1. The minimum atomic E-state index is -0.471. The molecule has 5 heteroatoms. The van der Waals surface area contributed by atoms with E-state index in [1.807, 2.05) is 13.8 Å². The van der Waals surface area contributed by atoms with Crippen LogP contribution in [0.25, 0.3) is 0 Å². The van der Waals surface area contributed by atoms with Crippen molar-refractivity contribution in [2.45, 2.75) is 33.4 Å². The number of hydrogen-bond acceptors (Lipinski definition) is 4. The van der Waals surface area contributed by atoms with E-state index in [0.29, 0.717) is 24.6 Å². The van der Waals surface area contributed by atoms with E-state index in [9.17, 15) is 4.79 Å². The number of Topliss-reactive ketones (excluding diaryl/α,β-unsaturated/α-hetero) is 1. The van der Waals surface area contributed by atoms with Crippen LogP contribution in [0, 0.1) is 0 Å². The van der Waals surface area contributed by atoms with Gasteiger partial charge in [0, 0.05) is 13.2 Å². The molecule has 0 fully saturated rings. The lowest BCUT2D eigenvalue weighted by Gasteiger charge is -2.12. The number of hydrogen-bond donors (Lipinski definition) is 0. The molecule has 1 rings (SSSR count). The third-order valence-corrected chi connectivity index (χ3v) is 2.34. The number of nitrogens with zero attached hydrogens (tertiary/aromatic N) is 2. The average Bonchev–Trinajstić information content (AvgIpc) is 2.70. The van der Waals surface area contributed by atoms with Crippen LogP contribution in [0.4, 0.5) is 0 Å². The quantitative estimate of drug-likeness (QED) is 0.690. The number of ether oxygens (including phenoxy) is 2. The van der Waals surface area contributed by atoms with Gasteiger partial charge >= 0.3 is 0 Å². The molecule has 0 radical (unpaired) electrons. The van der Waals surface area contributed by atoms with Crippen LogP contribution in [-0.2, 0) is 11.3 Å². The lowest BCUT2D eigenvalue weighted by atomic mass is 10.2. The summed E-state index contributed by atoms with van der Waals surface area (Å²) in [6.07, 6.45) is 1.08. The molecule has 1 aromatic heterocycles. The van der Waals surface area contributed by atoms with Gasteiger partial charge in [0.25, 0.3) is 0 Å². The second-order valence-corrected chi connectivity index (χ2v) is 3.34. The van der Waals surface area contributed by atoms with Crippen LogP contribution in [0.15, 0.2) is 6.20 Å². The highest BCUT2D eigenvalue weighted by Crippen LogP contribution is 2.20. The minimum Gasteiger partial charge on any atom is -0.493 e. The van der Waals surface area contributed by atoms with Gasteiger partial charge in [0.15, 0.2) is 5.75 Å². The summed E-state index contributed by atoms with van der Waals surface area (Å²) in [7, 11) is 1.53. The van der Waals surface area contributed by atoms with E-state index in [1.165, 1.54) is 7.11 Å². The molecule has 90 valence electrons. The Kier molecular flexibility index (Phi) is 4.49. The van der Waals surface area contributed by atoms with E-state index in [4.69, 9.17) is 9.47 Å². The van der Waals surface area contributed by atoms with Crippen LogP contribution in [0.1, 0.15) is 31.3 Å². The average molecular weight is 226 g/mol. The normalized spacial score (nSPS) is 12.5. The Labute approximate surface area is 95.3 Å². The number of methoxy groups -OCH3 is 1. The third kappa shape index (κ3) is 2.41. The Bertz CT molecular complexity index is 339. The van der Waals surface area contributed by atoms with Gasteiger partial charge in [-0.2, -0.15) is 5.10 Å². The molecule has 0 aromatic carbocycles. The van der Waals surface area contributed by atoms with Gasteiger partial charge in [-0.15, -0.1) is 0 Å². The van der Waals surface area contributed by atoms with E-state index < -0.39 is 6.10 Å². The lowest BCUT2D eigenvalue weighted by Crippen LogP contribution is -2.24. The van der Waals surface area contributed by atoms with Crippen molar-refractivity contribution < 1.29 is 14.3 Å². The maximum absolute atomic E-state index is 12.1. The van der Waals surface area contributed by atoms with E-state index in [1.54, 1.807) is 17.8 Å². The van der Waals surface area contributed by atoms with Crippen LogP contribution in [-0.4, -0.2) is 35.4 Å². The third-order valence-electron chi connectivity index (χ3n) is 2.34. The maximum Gasteiger partial charge on any atom is 0.213 e. The highest BCUT2D eigenvalue weighted by molar-refractivity contribution is 6.00. The Morgan fingerprint density at radius 1 is 1.56 bits per heavy atom. The van der Waals surface area contributed by atoms with Gasteiger partial charge < -0.3 is 9.47 Å². The molecule has 0 saturated carbocycles. The first-order valence-corrected chi connectivity index (χ1v) is 5.41. The standard InChI is InChI=1S/C11H18N2O3/c1-5-13-10(9(15-4)7-12-13)11(14)8(3)16-6-2/h7-8H,5-6H2,1-4H3. The van der Waals surface area contributed by atoms with Crippen molar-refractivity contribution in [2.24, 2.45) is 0 Å². The fourth-order valence-electron chi connectivity index (χ4n) is 1.52. The predicted octanol–water partition coefficient (Wildman–Crippen LogP) is 1.52. The number of ketones is 1. The molecule has 0 aliphatic heterocycles. The molecule has 1 unspecified atom stereocenters. The van der Waals surface area contributed by atoms with Crippen molar-refractivity contribution >= 4 is 5.78 Å². The second-order valence-electron chi connectivity index (χ2n) is 3.34. The first-order chi connectivity index (χ1) is 7.65. The van der Waals surface area contributed by atoms with Crippen molar-refractivity contribution in [3.05, 3.63) is 11.9 Å². The summed E-state index contributed by atoms with van der Waals surface area (Å²) in [5.41, 5.74) is 0.478. The van der Waals surface area contributed by atoms with Gasteiger partial charge in [-0.25, -0.2) is 0 Å². The molecular weight excluding hydrogens is 208 g/mol. The molecular formula is C11H18N2O3. The van der Waals surface area contributed by atoms with E-state index in [2.05, 4.69) is 5.10 Å². The van der Waals surface area contributed by atoms with Gasteiger partial charge in [-0.1, -0.05) is 0 Å². The smallest absolute Gasteiger partial charge is 0.213 e. The van der Waals surface area contributed by atoms with Crippen molar-refractivity contribution in [2.75, 3.05) is 13.7 Å². The summed E-state index contributed by atoms with van der Waals surface area (Å²) in [4.78, 5) is 12.1. The van der Waals surface area contributed by atoms with Gasteiger partial charge in [0.05, 0.1) is 13.3 Å². The molecule has 0 amide bonds. The molecule has 16 heavy (non-hydrogen) atoms. The van der Waals surface area contributed by atoms with E-state index in [-0.39, 0.29) is 5.78 Å². The van der Waals surface area contributed by atoms with Crippen LogP contribution in [0.5, 0.6) is 5.75 Å². The number of carbonyl (C=O) groups is 1. The zero-order valence-corrected chi connectivity index (χ0v) is 10.2. The van der Waals surface area contributed by atoms with Gasteiger partial charge in [0.2, 0.25) is 5.78 Å². The molecule has 0 spiro atoms. The van der Waals surface area contributed by atoms with Crippen LogP contribution in [0.3, 0.4) is 0 Å². The monoisotopic (exact) mass is 226 g/mol. The number of rotatable bonds is 6. The summed E-state index contributed by atoms with van der Waals surface area (Å²) in [6.45, 7) is 6.66. The Hall–Kier alpha value is -1.36. The van der Waals surface area contributed by atoms with Crippen molar-refractivity contribution in [3.63, 3.8) is 0 Å². The van der Waals surface area contributed by atoms with Crippen LogP contribution < -0.4 is 4.74 Å². The first kappa shape index (κ1) is 12.7. The van der Waals surface area contributed by atoms with Crippen molar-refractivity contribution in [3.8, 4) is 5.75 Å². The van der Waals surface area contributed by atoms with Gasteiger partial charge in [-0.05, 0) is 20.8 Å². The fraction of sp³-hybridized carbons (Fsp3) is 0.636. The molecule has 1 heterocycles. The van der Waals surface area contributed by atoms with Crippen LogP contribution >= 0.6 is 0 Å². The minimum absolute atomic E-state index is 0.0990. The summed E-state index contributed by atoms with van der Waals surface area (Å²) < 4.78 is 12.0. The molecule has 0 N–H and O–H groups in total. The molecule has 1 aromatic rings. The highest BCUT2D eigenvalue weighted by atomic mass is 16.5. The molecule has 0 bridgehead atoms. The second kappa shape index (κ2) is 5.65. The first-order valence-electron chi connectivity index (χ1n) is 5.41. The molecule has 1 atom stereocenters. The fourth-order valence-corrected chi connectivity index (χ4v) is 1.52. The molecule has 0 aliphatic carbocycles.